The molecule has 0 radical (unpaired) electrons. The molecule has 2 aromatic heterocycles. The van der Waals surface area contributed by atoms with Crippen molar-refractivity contribution < 1.29 is 18.3 Å². The molecule has 2 aromatic rings. The van der Waals surface area contributed by atoms with Gasteiger partial charge in [0.2, 0.25) is 5.60 Å². The Kier molecular flexibility index (Phi) is 3.40. The molecule has 0 saturated heterocycles. The van der Waals surface area contributed by atoms with Gasteiger partial charge in [-0.2, -0.15) is 13.2 Å². The van der Waals surface area contributed by atoms with Crippen molar-refractivity contribution in [2.45, 2.75) is 25.1 Å². The number of aromatic nitrogens is 3. The molecule has 0 saturated carbocycles. The van der Waals surface area contributed by atoms with E-state index >= 15 is 0 Å². The van der Waals surface area contributed by atoms with Gasteiger partial charge in [0.05, 0.1) is 5.01 Å². The first-order chi connectivity index (χ1) is 8.74. The van der Waals surface area contributed by atoms with E-state index < -0.39 is 24.0 Å². The van der Waals surface area contributed by atoms with E-state index in [-0.39, 0.29) is 5.01 Å². The Balaban J connectivity index is 2.44. The number of aryl methyl sites for hydroxylation is 2. The van der Waals surface area contributed by atoms with Crippen molar-refractivity contribution in [3.63, 3.8) is 0 Å². The molecule has 2 heterocycles. The van der Waals surface area contributed by atoms with Gasteiger partial charge in [-0.05, 0) is 6.92 Å². The predicted octanol–water partition coefficient (Wildman–Crippen LogP) is 2.18. The number of hydrogen-bond donors (Lipinski definition) is 1. The molecule has 0 spiro atoms. The van der Waals surface area contributed by atoms with E-state index in [9.17, 15) is 18.3 Å². The first-order valence-corrected chi connectivity index (χ1v) is 6.30. The van der Waals surface area contributed by atoms with E-state index in [4.69, 9.17) is 0 Å². The molecule has 104 valence electrons. The lowest BCUT2D eigenvalue weighted by atomic mass is 9.98. The first kappa shape index (κ1) is 14.0. The van der Waals surface area contributed by atoms with Crippen molar-refractivity contribution in [2.24, 2.45) is 7.05 Å². The van der Waals surface area contributed by atoms with Gasteiger partial charge in [-0.15, -0.1) is 11.3 Å². The normalized spacial score (nSPS) is 15.5. The van der Waals surface area contributed by atoms with Crippen LogP contribution in [-0.4, -0.2) is 25.8 Å². The van der Waals surface area contributed by atoms with Crippen LogP contribution in [0.1, 0.15) is 16.5 Å². The summed E-state index contributed by atoms with van der Waals surface area (Å²) >= 11 is 1.09. The fourth-order valence-corrected chi connectivity index (χ4v) is 2.62. The lowest BCUT2D eigenvalue weighted by molar-refractivity contribution is -0.270. The minimum Gasteiger partial charge on any atom is -0.374 e. The number of aliphatic hydroxyl groups is 1. The molecule has 4 nitrogen and oxygen atoms in total. The van der Waals surface area contributed by atoms with Crippen LogP contribution in [0.3, 0.4) is 0 Å². The zero-order valence-electron chi connectivity index (χ0n) is 10.3. The molecule has 0 bridgehead atoms. The number of hydrogen-bond acceptors (Lipinski definition) is 4. The number of thiazole rings is 1. The summed E-state index contributed by atoms with van der Waals surface area (Å²) in [6.45, 7) is 1.69. The van der Waals surface area contributed by atoms with Crippen molar-refractivity contribution in [3.8, 4) is 0 Å². The third-order valence-electron chi connectivity index (χ3n) is 2.73. The molecule has 19 heavy (non-hydrogen) atoms. The fraction of sp³-hybridized carbons (Fsp3) is 0.455. The predicted molar refractivity (Wildman–Crippen MR) is 63.7 cm³/mol. The third kappa shape index (κ3) is 2.50. The largest absolute Gasteiger partial charge is 0.424 e. The van der Waals surface area contributed by atoms with Gasteiger partial charge in [-0.3, -0.25) is 0 Å². The molecule has 8 heteroatoms. The van der Waals surface area contributed by atoms with Gasteiger partial charge in [-0.1, -0.05) is 0 Å². The van der Waals surface area contributed by atoms with E-state index in [2.05, 4.69) is 9.97 Å². The van der Waals surface area contributed by atoms with E-state index in [1.54, 1.807) is 12.3 Å². The van der Waals surface area contributed by atoms with Crippen molar-refractivity contribution in [2.75, 3.05) is 0 Å². The van der Waals surface area contributed by atoms with Crippen LogP contribution in [0.5, 0.6) is 0 Å². The van der Waals surface area contributed by atoms with E-state index in [1.807, 2.05) is 0 Å². The van der Waals surface area contributed by atoms with Crippen molar-refractivity contribution in [1.29, 1.82) is 0 Å². The van der Waals surface area contributed by atoms with Crippen LogP contribution in [-0.2, 0) is 19.1 Å². The van der Waals surface area contributed by atoms with Crippen LogP contribution in [0.2, 0.25) is 0 Å². The highest BCUT2D eigenvalue weighted by molar-refractivity contribution is 7.09. The number of rotatable bonds is 3. The second-order valence-electron chi connectivity index (χ2n) is 4.28. The van der Waals surface area contributed by atoms with Crippen molar-refractivity contribution >= 4 is 11.3 Å². The van der Waals surface area contributed by atoms with Gasteiger partial charge in [-0.25, -0.2) is 9.97 Å². The molecule has 0 aliphatic heterocycles. The Bertz CT molecular complexity index is 578. The maximum Gasteiger partial charge on any atom is 0.424 e. The van der Waals surface area contributed by atoms with Crippen molar-refractivity contribution in [1.82, 2.24) is 14.5 Å². The minimum atomic E-state index is -4.83. The number of halogens is 3. The molecule has 0 amide bonds. The van der Waals surface area contributed by atoms with Gasteiger partial charge in [0.1, 0.15) is 0 Å². The Hall–Kier alpha value is -1.41. The standard InChI is InChI=1S/C11H12F3N3OS/c1-7-6-19-8(16-7)5-10(18,11(12,13)14)9-15-3-4-17(9)2/h3-4,6,18H,5H2,1-2H3. The Morgan fingerprint density at radius 3 is 2.53 bits per heavy atom. The number of nitrogens with zero attached hydrogens (tertiary/aromatic N) is 3. The molecule has 2 rings (SSSR count). The molecule has 0 fully saturated rings. The zero-order chi connectivity index (χ0) is 14.3. The van der Waals surface area contributed by atoms with Gasteiger partial charge in [0.15, 0.2) is 5.82 Å². The molecule has 1 atom stereocenters. The Morgan fingerprint density at radius 1 is 1.42 bits per heavy atom. The first-order valence-electron chi connectivity index (χ1n) is 5.42. The third-order valence-corrected chi connectivity index (χ3v) is 3.70. The summed E-state index contributed by atoms with van der Waals surface area (Å²) in [5.74, 6) is -0.437. The summed E-state index contributed by atoms with van der Waals surface area (Å²) in [4.78, 5) is 7.60. The molecular formula is C11H12F3N3OS. The summed E-state index contributed by atoms with van der Waals surface area (Å²) in [5.41, 5.74) is -2.40. The number of imidazole rings is 1. The zero-order valence-corrected chi connectivity index (χ0v) is 11.1. The van der Waals surface area contributed by atoms with Crippen LogP contribution in [0, 0.1) is 6.92 Å². The summed E-state index contributed by atoms with van der Waals surface area (Å²) in [6, 6.07) is 0. The van der Waals surface area contributed by atoms with Crippen molar-refractivity contribution in [3.05, 3.63) is 34.3 Å². The van der Waals surface area contributed by atoms with Gasteiger partial charge < -0.3 is 9.67 Å². The maximum atomic E-state index is 13.2. The van der Waals surface area contributed by atoms with Crippen LogP contribution < -0.4 is 0 Å². The van der Waals surface area contributed by atoms with Gasteiger partial charge >= 0.3 is 6.18 Å². The summed E-state index contributed by atoms with van der Waals surface area (Å²) in [6.07, 6.45) is -2.89. The maximum absolute atomic E-state index is 13.2. The summed E-state index contributed by atoms with van der Waals surface area (Å²) < 4.78 is 40.8. The SMILES string of the molecule is Cc1csc(CC(O)(c2nccn2C)C(F)(F)F)n1. The minimum absolute atomic E-state index is 0.223. The van der Waals surface area contributed by atoms with Crippen LogP contribution in [0.15, 0.2) is 17.8 Å². The second-order valence-corrected chi connectivity index (χ2v) is 5.22. The highest BCUT2D eigenvalue weighted by atomic mass is 32.1. The number of alkyl halides is 3. The lowest BCUT2D eigenvalue weighted by Gasteiger charge is -2.29. The second kappa shape index (κ2) is 4.61. The molecule has 1 unspecified atom stereocenters. The van der Waals surface area contributed by atoms with Crippen LogP contribution >= 0.6 is 11.3 Å². The van der Waals surface area contributed by atoms with Crippen LogP contribution in [0.25, 0.3) is 0 Å². The lowest BCUT2D eigenvalue weighted by Crippen LogP contribution is -2.46. The van der Waals surface area contributed by atoms with Crippen LogP contribution in [0.4, 0.5) is 13.2 Å². The smallest absolute Gasteiger partial charge is 0.374 e. The molecule has 0 aliphatic rings. The molecule has 0 aromatic carbocycles. The monoisotopic (exact) mass is 291 g/mol. The summed E-state index contributed by atoms with van der Waals surface area (Å²) in [5, 5.41) is 12.0. The molecule has 1 N–H and O–H groups in total. The molecule has 0 aliphatic carbocycles. The van der Waals surface area contributed by atoms with E-state index in [1.165, 1.54) is 19.4 Å². The Labute approximate surface area is 111 Å². The Morgan fingerprint density at radius 2 is 2.11 bits per heavy atom. The van der Waals surface area contributed by atoms with Gasteiger partial charge in [0, 0.05) is 36.9 Å². The average molecular weight is 291 g/mol. The van der Waals surface area contributed by atoms with Gasteiger partial charge in [0.25, 0.3) is 0 Å². The topological polar surface area (TPSA) is 50.9 Å². The molecular weight excluding hydrogens is 279 g/mol. The average Bonchev–Trinajstić information content (AvgIpc) is 2.86. The van der Waals surface area contributed by atoms with E-state index in [0.29, 0.717) is 5.69 Å². The summed E-state index contributed by atoms with van der Waals surface area (Å²) in [7, 11) is 1.41. The quantitative estimate of drug-likeness (QED) is 0.943. The van der Waals surface area contributed by atoms with E-state index in [0.717, 1.165) is 15.9 Å². The highest BCUT2D eigenvalue weighted by Crippen LogP contribution is 2.40. The highest BCUT2D eigenvalue weighted by Gasteiger charge is 2.57. The fourth-order valence-electron chi connectivity index (χ4n) is 1.77.